The molecule has 0 aromatic rings. The second-order valence-corrected chi connectivity index (χ2v) is 2.31. The van der Waals surface area contributed by atoms with Crippen LogP contribution in [0.15, 0.2) is 0 Å². The summed E-state index contributed by atoms with van der Waals surface area (Å²) in [6, 6.07) is 0. The molecule has 1 atom stereocenters. The number of methoxy groups -OCH3 is 1. The van der Waals surface area contributed by atoms with Crippen LogP contribution >= 0.6 is 11.6 Å². The first-order valence-electron chi connectivity index (χ1n) is 2.94. The van der Waals surface area contributed by atoms with Crippen molar-refractivity contribution in [1.29, 1.82) is 0 Å². The van der Waals surface area contributed by atoms with Crippen LogP contribution in [0.1, 0.15) is 19.8 Å². The zero-order valence-corrected chi connectivity index (χ0v) is 6.44. The molecular formula is C6H11ClO2. The van der Waals surface area contributed by atoms with Crippen LogP contribution in [0.25, 0.3) is 0 Å². The van der Waals surface area contributed by atoms with Gasteiger partial charge in [-0.15, -0.1) is 11.6 Å². The molecule has 2 nitrogen and oxygen atoms in total. The largest absolute Gasteiger partial charge is 0.468 e. The lowest BCUT2D eigenvalue weighted by atomic mass is 10.2. The molecule has 9 heavy (non-hydrogen) atoms. The Bertz CT molecular complexity index is 93.1. The monoisotopic (exact) mass is 150 g/mol. The van der Waals surface area contributed by atoms with E-state index in [0.29, 0.717) is 6.42 Å². The van der Waals surface area contributed by atoms with Crippen LogP contribution in [0.3, 0.4) is 0 Å². The quantitative estimate of drug-likeness (QED) is 0.451. The Hall–Kier alpha value is -0.240. The van der Waals surface area contributed by atoms with Crippen molar-refractivity contribution in [3.63, 3.8) is 0 Å². The van der Waals surface area contributed by atoms with E-state index >= 15 is 0 Å². The number of ether oxygens (including phenoxy) is 1. The molecule has 0 saturated carbocycles. The van der Waals surface area contributed by atoms with Gasteiger partial charge in [0.25, 0.3) is 0 Å². The van der Waals surface area contributed by atoms with Gasteiger partial charge in [-0.1, -0.05) is 13.3 Å². The standard InChI is InChI=1S/C6H11ClO2/c1-3-4-5(7)6(8)9-2/h5H,3-4H2,1-2H3/t5-/m1/s1. The number of rotatable bonds is 3. The summed E-state index contributed by atoms with van der Waals surface area (Å²) in [5, 5.41) is -0.458. The molecule has 54 valence electrons. The maximum atomic E-state index is 10.5. The Morgan fingerprint density at radius 3 is 2.67 bits per heavy atom. The number of carbonyl (C=O) groups excluding carboxylic acids is 1. The minimum Gasteiger partial charge on any atom is -0.468 e. The molecule has 0 aliphatic heterocycles. The van der Waals surface area contributed by atoms with Crippen LogP contribution in [0.4, 0.5) is 0 Å². The smallest absolute Gasteiger partial charge is 0.323 e. The lowest BCUT2D eigenvalue weighted by molar-refractivity contribution is -0.140. The summed E-state index contributed by atoms with van der Waals surface area (Å²) in [6.07, 6.45) is 1.59. The van der Waals surface area contributed by atoms with Gasteiger partial charge in [0.05, 0.1) is 7.11 Å². The first-order chi connectivity index (χ1) is 4.22. The van der Waals surface area contributed by atoms with Crippen LogP contribution < -0.4 is 0 Å². The minimum absolute atomic E-state index is 0.335. The third-order valence-electron chi connectivity index (χ3n) is 0.999. The van der Waals surface area contributed by atoms with Gasteiger partial charge in [0, 0.05) is 0 Å². The molecule has 0 aliphatic rings. The predicted molar refractivity (Wildman–Crippen MR) is 36.6 cm³/mol. The van der Waals surface area contributed by atoms with Crippen LogP contribution in [0.2, 0.25) is 0 Å². The summed E-state index contributed by atoms with van der Waals surface area (Å²) in [4.78, 5) is 10.5. The van der Waals surface area contributed by atoms with Crippen molar-refractivity contribution >= 4 is 17.6 Å². The number of esters is 1. The van der Waals surface area contributed by atoms with Crippen molar-refractivity contribution in [2.24, 2.45) is 0 Å². The zero-order chi connectivity index (χ0) is 7.28. The van der Waals surface area contributed by atoms with Crippen molar-refractivity contribution in [1.82, 2.24) is 0 Å². The Balaban J connectivity index is 3.45. The summed E-state index contributed by atoms with van der Waals surface area (Å²) < 4.78 is 4.39. The molecule has 0 aliphatic carbocycles. The molecular weight excluding hydrogens is 140 g/mol. The number of hydrogen-bond donors (Lipinski definition) is 0. The number of halogens is 1. The SMILES string of the molecule is CCC[C@@H](Cl)C(=O)OC. The minimum atomic E-state index is -0.458. The topological polar surface area (TPSA) is 26.3 Å². The average molecular weight is 151 g/mol. The van der Waals surface area contributed by atoms with Gasteiger partial charge >= 0.3 is 5.97 Å². The van der Waals surface area contributed by atoms with Crippen molar-refractivity contribution in [2.45, 2.75) is 25.1 Å². The second kappa shape index (κ2) is 4.62. The lowest BCUT2D eigenvalue weighted by Crippen LogP contribution is -2.15. The van der Waals surface area contributed by atoms with Gasteiger partial charge in [-0.25, -0.2) is 0 Å². The molecule has 0 fully saturated rings. The molecule has 0 heterocycles. The van der Waals surface area contributed by atoms with Crippen molar-refractivity contribution in [2.75, 3.05) is 7.11 Å². The van der Waals surface area contributed by atoms with Gasteiger partial charge in [0.15, 0.2) is 0 Å². The van der Waals surface area contributed by atoms with Gasteiger partial charge in [-0.2, -0.15) is 0 Å². The predicted octanol–water partition coefficient (Wildman–Crippen LogP) is 1.57. The van der Waals surface area contributed by atoms with Gasteiger partial charge in [0.1, 0.15) is 5.38 Å². The number of carbonyl (C=O) groups is 1. The Labute approximate surface area is 60.1 Å². The fourth-order valence-electron chi connectivity index (χ4n) is 0.499. The van der Waals surface area contributed by atoms with Crippen molar-refractivity contribution in [3.05, 3.63) is 0 Å². The fourth-order valence-corrected chi connectivity index (χ4v) is 0.806. The molecule has 0 spiro atoms. The molecule has 0 amide bonds. The fraction of sp³-hybridized carbons (Fsp3) is 0.833. The Kier molecular flexibility index (Phi) is 4.50. The van der Waals surface area contributed by atoms with Crippen LogP contribution in [0.5, 0.6) is 0 Å². The molecule has 0 saturated heterocycles. The van der Waals surface area contributed by atoms with Gasteiger partial charge in [-0.05, 0) is 6.42 Å². The summed E-state index contributed by atoms with van der Waals surface area (Å²) in [6.45, 7) is 1.97. The summed E-state index contributed by atoms with van der Waals surface area (Å²) >= 11 is 5.56. The van der Waals surface area contributed by atoms with E-state index < -0.39 is 5.38 Å². The lowest BCUT2D eigenvalue weighted by Gasteiger charge is -2.02. The molecule has 0 aromatic carbocycles. The van der Waals surface area contributed by atoms with Gasteiger partial charge in [0.2, 0.25) is 0 Å². The van der Waals surface area contributed by atoms with E-state index in [2.05, 4.69) is 4.74 Å². The zero-order valence-electron chi connectivity index (χ0n) is 5.69. The number of alkyl halides is 1. The summed E-state index contributed by atoms with van der Waals surface area (Å²) in [5.41, 5.74) is 0. The van der Waals surface area contributed by atoms with E-state index in [4.69, 9.17) is 11.6 Å². The second-order valence-electron chi connectivity index (χ2n) is 1.78. The first-order valence-corrected chi connectivity index (χ1v) is 3.38. The highest BCUT2D eigenvalue weighted by Gasteiger charge is 2.12. The van der Waals surface area contributed by atoms with E-state index in [1.165, 1.54) is 7.11 Å². The first kappa shape index (κ1) is 8.76. The van der Waals surface area contributed by atoms with E-state index in [-0.39, 0.29) is 5.97 Å². The normalized spacial score (nSPS) is 12.8. The average Bonchev–Trinajstić information content (AvgIpc) is 1.87. The molecule has 0 unspecified atom stereocenters. The third kappa shape index (κ3) is 3.36. The maximum Gasteiger partial charge on any atom is 0.323 e. The molecule has 0 N–H and O–H groups in total. The van der Waals surface area contributed by atoms with Crippen molar-refractivity contribution in [3.8, 4) is 0 Å². The highest BCUT2D eigenvalue weighted by molar-refractivity contribution is 6.29. The van der Waals surface area contributed by atoms with Crippen molar-refractivity contribution < 1.29 is 9.53 Å². The third-order valence-corrected chi connectivity index (χ3v) is 1.40. The summed E-state index contributed by atoms with van der Waals surface area (Å²) in [7, 11) is 1.34. The molecule has 0 radical (unpaired) electrons. The molecule has 0 aromatic heterocycles. The van der Waals surface area contributed by atoms with Crippen LogP contribution in [-0.4, -0.2) is 18.5 Å². The maximum absolute atomic E-state index is 10.5. The van der Waals surface area contributed by atoms with Gasteiger partial charge < -0.3 is 4.74 Å². The van der Waals surface area contributed by atoms with E-state index in [0.717, 1.165) is 6.42 Å². The van der Waals surface area contributed by atoms with Crippen LogP contribution in [-0.2, 0) is 9.53 Å². The van der Waals surface area contributed by atoms with E-state index in [1.807, 2.05) is 6.92 Å². The Morgan fingerprint density at radius 1 is 1.78 bits per heavy atom. The van der Waals surface area contributed by atoms with E-state index in [1.54, 1.807) is 0 Å². The van der Waals surface area contributed by atoms with Gasteiger partial charge in [-0.3, -0.25) is 4.79 Å². The Morgan fingerprint density at radius 2 is 2.33 bits per heavy atom. The highest BCUT2D eigenvalue weighted by atomic mass is 35.5. The molecule has 3 heteroatoms. The number of hydrogen-bond acceptors (Lipinski definition) is 2. The molecule has 0 bridgehead atoms. The highest BCUT2D eigenvalue weighted by Crippen LogP contribution is 2.05. The van der Waals surface area contributed by atoms with E-state index in [9.17, 15) is 4.79 Å². The van der Waals surface area contributed by atoms with Crippen LogP contribution in [0, 0.1) is 0 Å². The summed E-state index contributed by atoms with van der Waals surface area (Å²) in [5.74, 6) is -0.335. The molecule has 0 rings (SSSR count).